The fourth-order valence-corrected chi connectivity index (χ4v) is 1.37. The number of carbonyl (C=O) groups is 1. The lowest BCUT2D eigenvalue weighted by Gasteiger charge is -2.07. The number of aromatic nitrogens is 1. The van der Waals surface area contributed by atoms with E-state index in [4.69, 9.17) is 5.73 Å². The Morgan fingerprint density at radius 2 is 1.82 bits per heavy atom. The maximum Gasteiger partial charge on any atom is 0.256 e. The van der Waals surface area contributed by atoms with E-state index in [-0.39, 0.29) is 5.91 Å². The maximum atomic E-state index is 11.8. The second kappa shape index (κ2) is 4.52. The van der Waals surface area contributed by atoms with Crippen molar-refractivity contribution < 1.29 is 9.52 Å². The highest BCUT2D eigenvalue weighted by Gasteiger charge is 2.08. The highest BCUT2D eigenvalue weighted by Crippen LogP contribution is 2.17. The van der Waals surface area contributed by atoms with E-state index in [0.29, 0.717) is 21.7 Å². The number of hydrogen-bond acceptors (Lipinski definition) is 3. The van der Waals surface area contributed by atoms with E-state index in [0.717, 1.165) is 0 Å². The monoisotopic (exact) mass is 229 g/mol. The second-order valence-electron chi connectivity index (χ2n) is 3.49. The molecule has 5 heteroatoms. The summed E-state index contributed by atoms with van der Waals surface area (Å²) in [6.45, 7) is 0. The number of nitrogens with two attached hydrogens (primary N) is 1. The van der Waals surface area contributed by atoms with Gasteiger partial charge in [-0.1, -0.05) is 12.1 Å². The lowest BCUT2D eigenvalue weighted by Crippen LogP contribution is -2.25. The van der Waals surface area contributed by atoms with Crippen LogP contribution in [-0.4, -0.2) is 5.91 Å². The highest BCUT2D eigenvalue weighted by atomic mass is 16.5. The van der Waals surface area contributed by atoms with E-state index in [1.165, 1.54) is 24.5 Å². The number of hydrogen-bond donors (Lipinski definition) is 2. The third kappa shape index (κ3) is 2.52. The van der Waals surface area contributed by atoms with Crippen LogP contribution < -0.4 is 15.8 Å². The van der Waals surface area contributed by atoms with E-state index in [9.17, 15) is 10.0 Å². The van der Waals surface area contributed by atoms with Crippen molar-refractivity contribution in [1.29, 1.82) is 0 Å². The molecule has 0 aliphatic heterocycles. The van der Waals surface area contributed by atoms with E-state index >= 15 is 0 Å². The van der Waals surface area contributed by atoms with Crippen LogP contribution in [0.25, 0.3) is 0 Å². The van der Waals surface area contributed by atoms with Gasteiger partial charge in [-0.2, -0.15) is 4.73 Å². The first-order valence-electron chi connectivity index (χ1n) is 5.01. The molecule has 0 unspecified atom stereocenters. The van der Waals surface area contributed by atoms with Gasteiger partial charge in [0.15, 0.2) is 12.4 Å². The van der Waals surface area contributed by atoms with Crippen molar-refractivity contribution >= 4 is 17.3 Å². The summed E-state index contributed by atoms with van der Waals surface area (Å²) in [5.41, 5.74) is 7.15. The molecule has 0 aliphatic carbocycles. The summed E-state index contributed by atoms with van der Waals surface area (Å²) in [7, 11) is 0. The largest absolute Gasteiger partial charge is 0.619 e. The number of nitrogens with one attached hydrogen (secondary N) is 1. The van der Waals surface area contributed by atoms with E-state index in [2.05, 4.69) is 5.32 Å². The van der Waals surface area contributed by atoms with Gasteiger partial charge in [0.1, 0.15) is 0 Å². The summed E-state index contributed by atoms with van der Waals surface area (Å²) in [6, 6.07) is 9.87. The zero-order chi connectivity index (χ0) is 12.3. The lowest BCUT2D eigenvalue weighted by molar-refractivity contribution is -0.605. The molecule has 3 N–H and O–H groups in total. The van der Waals surface area contributed by atoms with Crippen molar-refractivity contribution in [2.45, 2.75) is 0 Å². The molecule has 0 radical (unpaired) electrons. The minimum absolute atomic E-state index is 0.302. The standard InChI is InChI=1S/C12H11N3O2/c13-10-3-1-2-4-11(10)14-12(16)9-5-7-15(17)8-6-9/h1-8H,13H2,(H,14,16). The molecule has 2 rings (SSSR count). The van der Waals surface area contributed by atoms with Gasteiger partial charge in [0, 0.05) is 12.1 Å². The molecule has 2 aromatic rings. The van der Waals surface area contributed by atoms with Gasteiger partial charge < -0.3 is 16.3 Å². The van der Waals surface area contributed by atoms with E-state index in [1.807, 2.05) is 0 Å². The van der Waals surface area contributed by atoms with Crippen LogP contribution in [0.4, 0.5) is 11.4 Å². The summed E-state index contributed by atoms with van der Waals surface area (Å²) in [5, 5.41) is 13.5. The Bertz CT molecular complexity index is 538. The van der Waals surface area contributed by atoms with Gasteiger partial charge in [0.2, 0.25) is 0 Å². The van der Waals surface area contributed by atoms with Gasteiger partial charge in [-0.05, 0) is 12.1 Å². The number of benzene rings is 1. The molecule has 0 saturated carbocycles. The number of nitrogens with zero attached hydrogens (tertiary/aromatic N) is 1. The Kier molecular flexibility index (Phi) is 2.91. The van der Waals surface area contributed by atoms with Gasteiger partial charge in [0.25, 0.3) is 5.91 Å². The number of carbonyl (C=O) groups excluding carboxylic acids is 1. The van der Waals surface area contributed by atoms with Crippen LogP contribution in [0.2, 0.25) is 0 Å². The van der Waals surface area contributed by atoms with Crippen molar-refractivity contribution in [1.82, 2.24) is 0 Å². The highest BCUT2D eigenvalue weighted by molar-refractivity contribution is 6.05. The molecule has 1 aromatic heterocycles. The van der Waals surface area contributed by atoms with Crippen LogP contribution in [0.3, 0.4) is 0 Å². The van der Waals surface area contributed by atoms with Crippen molar-refractivity contribution in [3.8, 4) is 0 Å². The van der Waals surface area contributed by atoms with Crippen LogP contribution in [0.5, 0.6) is 0 Å². The topological polar surface area (TPSA) is 82.1 Å². The Hall–Kier alpha value is -2.56. The van der Waals surface area contributed by atoms with Gasteiger partial charge in [-0.3, -0.25) is 4.79 Å². The summed E-state index contributed by atoms with van der Waals surface area (Å²) in [6.07, 6.45) is 2.53. The van der Waals surface area contributed by atoms with E-state index < -0.39 is 0 Å². The van der Waals surface area contributed by atoms with Crippen LogP contribution in [0.1, 0.15) is 10.4 Å². The molecular weight excluding hydrogens is 218 g/mol. The minimum atomic E-state index is -0.302. The average Bonchev–Trinajstić information content (AvgIpc) is 2.33. The molecule has 86 valence electrons. The SMILES string of the molecule is Nc1ccccc1NC(=O)c1cc[n+]([O-])cc1. The number of rotatable bonds is 2. The quantitative estimate of drug-likeness (QED) is 0.460. The number of nitrogen functional groups attached to an aromatic ring is 1. The van der Waals surface area contributed by atoms with Crippen molar-refractivity contribution in [2.24, 2.45) is 0 Å². The number of para-hydroxylation sites is 2. The molecule has 0 atom stereocenters. The van der Waals surface area contributed by atoms with Crippen molar-refractivity contribution in [3.05, 3.63) is 59.6 Å². The minimum Gasteiger partial charge on any atom is -0.619 e. The molecule has 0 saturated heterocycles. The Labute approximate surface area is 98.1 Å². The molecule has 1 amide bonds. The van der Waals surface area contributed by atoms with Crippen LogP contribution in [-0.2, 0) is 0 Å². The number of amides is 1. The Morgan fingerprint density at radius 3 is 2.47 bits per heavy atom. The predicted octanol–water partition coefficient (Wildman–Crippen LogP) is 1.15. The summed E-state index contributed by atoms with van der Waals surface area (Å²) >= 11 is 0. The van der Waals surface area contributed by atoms with E-state index in [1.54, 1.807) is 24.3 Å². The third-order valence-electron chi connectivity index (χ3n) is 2.27. The molecule has 0 bridgehead atoms. The number of anilines is 2. The first kappa shape index (κ1) is 10.9. The maximum absolute atomic E-state index is 11.8. The van der Waals surface area contributed by atoms with Gasteiger partial charge in [0.05, 0.1) is 16.9 Å². The molecule has 0 spiro atoms. The molecule has 0 aliphatic rings. The summed E-state index contributed by atoms with van der Waals surface area (Å²) in [4.78, 5) is 11.8. The first-order valence-corrected chi connectivity index (χ1v) is 5.01. The normalized spacial score (nSPS) is 9.88. The number of pyridine rings is 1. The first-order chi connectivity index (χ1) is 8.16. The van der Waals surface area contributed by atoms with Crippen molar-refractivity contribution in [2.75, 3.05) is 11.1 Å². The fraction of sp³-hybridized carbons (Fsp3) is 0. The molecule has 1 heterocycles. The van der Waals surface area contributed by atoms with Crippen LogP contribution >= 0.6 is 0 Å². The molecule has 0 fully saturated rings. The summed E-state index contributed by atoms with van der Waals surface area (Å²) in [5.74, 6) is -0.302. The zero-order valence-corrected chi connectivity index (χ0v) is 8.96. The lowest BCUT2D eigenvalue weighted by atomic mass is 10.2. The van der Waals surface area contributed by atoms with Crippen molar-refractivity contribution in [3.63, 3.8) is 0 Å². The Balaban J connectivity index is 2.17. The van der Waals surface area contributed by atoms with Crippen LogP contribution in [0, 0.1) is 5.21 Å². The Morgan fingerprint density at radius 1 is 1.18 bits per heavy atom. The van der Waals surface area contributed by atoms with Gasteiger partial charge in [-0.15, -0.1) is 0 Å². The summed E-state index contributed by atoms with van der Waals surface area (Å²) < 4.78 is 0.619. The smallest absolute Gasteiger partial charge is 0.256 e. The fourth-order valence-electron chi connectivity index (χ4n) is 1.37. The van der Waals surface area contributed by atoms with Crippen LogP contribution in [0.15, 0.2) is 48.8 Å². The molecule has 1 aromatic carbocycles. The molecular formula is C12H11N3O2. The third-order valence-corrected chi connectivity index (χ3v) is 2.27. The zero-order valence-electron chi connectivity index (χ0n) is 8.96. The van der Waals surface area contributed by atoms with Gasteiger partial charge in [-0.25, -0.2) is 0 Å². The molecule has 17 heavy (non-hydrogen) atoms. The predicted molar refractivity (Wildman–Crippen MR) is 64.2 cm³/mol. The average molecular weight is 229 g/mol. The molecule has 5 nitrogen and oxygen atoms in total. The second-order valence-corrected chi connectivity index (χ2v) is 3.49. The van der Waals surface area contributed by atoms with Gasteiger partial charge >= 0.3 is 0 Å².